The van der Waals surface area contributed by atoms with Crippen LogP contribution in [0.3, 0.4) is 0 Å². The molecule has 226 valence electrons. The SMILES string of the molecule is CCCCN1C(=O)C(Cc2ccc([N+](=O)[O-])cc2)=C2C[C@H](C(=O)c3ccccc3)[C@@]3(C(=O)N(C)c4ccccc43)[C@@]21OCC. The molecule has 44 heavy (non-hydrogen) atoms. The molecule has 2 heterocycles. The molecule has 9 nitrogen and oxygen atoms in total. The molecule has 1 spiro atoms. The van der Waals surface area contributed by atoms with Crippen molar-refractivity contribution in [3.63, 3.8) is 0 Å². The molecular weight excluding hydrogens is 558 g/mol. The Balaban J connectivity index is 1.64. The lowest BCUT2D eigenvalue weighted by Gasteiger charge is -2.48. The lowest BCUT2D eigenvalue weighted by molar-refractivity contribution is -0.384. The summed E-state index contributed by atoms with van der Waals surface area (Å²) in [5.74, 6) is -1.52. The highest BCUT2D eigenvalue weighted by Crippen LogP contribution is 2.66. The molecule has 0 N–H and O–H groups in total. The lowest BCUT2D eigenvalue weighted by atomic mass is 9.65. The van der Waals surface area contributed by atoms with Crippen LogP contribution in [0, 0.1) is 16.0 Å². The number of ether oxygens (including phenoxy) is 1. The maximum Gasteiger partial charge on any atom is 0.269 e. The van der Waals surface area contributed by atoms with E-state index in [0.717, 1.165) is 12.0 Å². The van der Waals surface area contributed by atoms with Gasteiger partial charge >= 0.3 is 0 Å². The second-order valence-corrected chi connectivity index (χ2v) is 11.6. The minimum Gasteiger partial charge on any atom is -0.350 e. The quantitative estimate of drug-likeness (QED) is 0.171. The fourth-order valence-corrected chi connectivity index (χ4v) is 7.64. The minimum absolute atomic E-state index is 0.0399. The number of non-ortho nitro benzene ring substituents is 1. The fraction of sp³-hybridized carbons (Fsp3) is 0.343. The molecule has 0 radical (unpaired) electrons. The summed E-state index contributed by atoms with van der Waals surface area (Å²) in [4.78, 5) is 58.2. The molecular formula is C35H35N3O6. The highest BCUT2D eigenvalue weighted by atomic mass is 16.6. The Bertz CT molecular complexity index is 1680. The summed E-state index contributed by atoms with van der Waals surface area (Å²) in [6.45, 7) is 4.43. The van der Waals surface area contributed by atoms with Gasteiger partial charge in [-0.15, -0.1) is 0 Å². The van der Waals surface area contributed by atoms with Gasteiger partial charge in [-0.1, -0.05) is 74.0 Å². The number of ketones is 1. The van der Waals surface area contributed by atoms with E-state index in [1.165, 1.54) is 12.1 Å². The number of carbonyl (C=O) groups excluding carboxylic acids is 3. The van der Waals surface area contributed by atoms with E-state index >= 15 is 0 Å². The average molecular weight is 594 g/mol. The summed E-state index contributed by atoms with van der Waals surface area (Å²) in [7, 11) is 1.71. The largest absolute Gasteiger partial charge is 0.350 e. The van der Waals surface area contributed by atoms with Gasteiger partial charge in [0.15, 0.2) is 11.5 Å². The van der Waals surface area contributed by atoms with Gasteiger partial charge < -0.3 is 14.5 Å². The van der Waals surface area contributed by atoms with Gasteiger partial charge in [-0.2, -0.15) is 0 Å². The predicted molar refractivity (Wildman–Crippen MR) is 165 cm³/mol. The number of para-hydroxylation sites is 1. The molecule has 0 unspecified atom stereocenters. The highest BCUT2D eigenvalue weighted by molar-refractivity contribution is 6.16. The molecule has 1 saturated carbocycles. The molecule has 3 aromatic carbocycles. The number of likely N-dealkylation sites (N-methyl/N-ethyl adjacent to an activating group) is 1. The molecule has 0 aromatic heterocycles. The third-order valence-corrected chi connectivity index (χ3v) is 9.45. The van der Waals surface area contributed by atoms with Crippen LogP contribution in [0.15, 0.2) is 90.0 Å². The second-order valence-electron chi connectivity index (χ2n) is 11.6. The fourth-order valence-electron chi connectivity index (χ4n) is 7.64. The number of fused-ring (bicyclic) bond motifs is 4. The maximum atomic E-state index is 14.9. The van der Waals surface area contributed by atoms with E-state index in [1.807, 2.05) is 44.2 Å². The predicted octanol–water partition coefficient (Wildman–Crippen LogP) is 5.63. The minimum atomic E-state index is -1.52. The number of hydrogen-bond acceptors (Lipinski definition) is 6. The van der Waals surface area contributed by atoms with Crippen molar-refractivity contribution < 1.29 is 24.0 Å². The number of amides is 2. The number of Topliss-reactive ketones (excluding diaryl/α,β-unsaturated/α-hetero) is 1. The van der Waals surface area contributed by atoms with Gasteiger partial charge in [0, 0.05) is 55.6 Å². The summed E-state index contributed by atoms with van der Waals surface area (Å²) in [5, 5.41) is 11.3. The van der Waals surface area contributed by atoms with Crippen molar-refractivity contribution in [3.05, 3.63) is 117 Å². The molecule has 2 amide bonds. The maximum absolute atomic E-state index is 14.9. The Morgan fingerprint density at radius 1 is 1.00 bits per heavy atom. The van der Waals surface area contributed by atoms with Gasteiger partial charge in [0.05, 0.1) is 10.8 Å². The number of carbonyl (C=O) groups is 3. The van der Waals surface area contributed by atoms with Gasteiger partial charge in [-0.05, 0) is 42.5 Å². The number of unbranched alkanes of at least 4 members (excludes halogenated alkanes) is 1. The average Bonchev–Trinajstić information content (AvgIpc) is 3.54. The number of anilines is 1. The molecule has 1 aliphatic carbocycles. The van der Waals surface area contributed by atoms with E-state index in [4.69, 9.17) is 4.74 Å². The smallest absolute Gasteiger partial charge is 0.269 e. The first-order valence-electron chi connectivity index (χ1n) is 15.1. The van der Waals surface area contributed by atoms with Crippen molar-refractivity contribution >= 4 is 29.0 Å². The van der Waals surface area contributed by atoms with Crippen molar-refractivity contribution in [2.75, 3.05) is 25.1 Å². The number of nitrogens with zero attached hydrogens (tertiary/aromatic N) is 3. The summed E-state index contributed by atoms with van der Waals surface area (Å²) in [6, 6.07) is 22.6. The van der Waals surface area contributed by atoms with Crippen LogP contribution in [0.25, 0.3) is 0 Å². The number of benzene rings is 3. The molecule has 0 saturated heterocycles. The molecule has 9 heteroatoms. The Morgan fingerprint density at radius 3 is 2.34 bits per heavy atom. The lowest BCUT2D eigenvalue weighted by Crippen LogP contribution is -2.67. The molecule has 2 aliphatic heterocycles. The third-order valence-electron chi connectivity index (χ3n) is 9.45. The van der Waals surface area contributed by atoms with Crippen LogP contribution in [-0.2, 0) is 26.2 Å². The van der Waals surface area contributed by atoms with E-state index in [-0.39, 0.29) is 42.7 Å². The number of nitro groups is 1. The third kappa shape index (κ3) is 3.99. The molecule has 3 atom stereocenters. The van der Waals surface area contributed by atoms with Gasteiger partial charge in [0.2, 0.25) is 5.91 Å². The van der Waals surface area contributed by atoms with Crippen LogP contribution in [0.2, 0.25) is 0 Å². The number of rotatable bonds is 10. The van der Waals surface area contributed by atoms with E-state index in [0.29, 0.717) is 40.9 Å². The monoisotopic (exact) mass is 593 g/mol. The number of hydrogen-bond donors (Lipinski definition) is 0. The first kappa shape index (κ1) is 29.4. The normalized spacial score (nSPS) is 23.9. The van der Waals surface area contributed by atoms with Crippen molar-refractivity contribution in [1.29, 1.82) is 0 Å². The molecule has 0 bridgehead atoms. The van der Waals surface area contributed by atoms with Crippen LogP contribution < -0.4 is 4.90 Å². The zero-order valence-electron chi connectivity index (χ0n) is 25.1. The van der Waals surface area contributed by atoms with Crippen LogP contribution >= 0.6 is 0 Å². The zero-order valence-corrected chi connectivity index (χ0v) is 25.1. The summed E-state index contributed by atoms with van der Waals surface area (Å²) < 4.78 is 6.80. The molecule has 1 fully saturated rings. The summed E-state index contributed by atoms with van der Waals surface area (Å²) in [6.07, 6.45) is 1.84. The van der Waals surface area contributed by atoms with Crippen molar-refractivity contribution in [2.45, 2.75) is 50.7 Å². The summed E-state index contributed by atoms with van der Waals surface area (Å²) >= 11 is 0. The van der Waals surface area contributed by atoms with E-state index in [1.54, 1.807) is 53.2 Å². The standard InChI is InChI=1S/C35H35N3O6/c1-4-6-20-37-32(40)26(21-23-16-18-25(19-17-23)38(42)43)28-22-29(31(39)24-12-8-7-9-13-24)34(35(28,37)44-5-2)27-14-10-11-15-30(27)36(3)33(34)41/h7-19,29H,4-6,20-22H2,1-3H3/t29-,34+,35+/m1/s1. The van der Waals surface area contributed by atoms with Gasteiger partial charge in [0.1, 0.15) is 5.41 Å². The Morgan fingerprint density at radius 2 is 1.68 bits per heavy atom. The van der Waals surface area contributed by atoms with E-state index < -0.39 is 22.0 Å². The van der Waals surface area contributed by atoms with Crippen molar-refractivity contribution in [1.82, 2.24) is 4.90 Å². The first-order valence-corrected chi connectivity index (χ1v) is 15.1. The van der Waals surface area contributed by atoms with Crippen molar-refractivity contribution in [2.24, 2.45) is 5.92 Å². The van der Waals surface area contributed by atoms with Gasteiger partial charge in [0.25, 0.3) is 11.6 Å². The van der Waals surface area contributed by atoms with E-state index in [2.05, 4.69) is 0 Å². The van der Waals surface area contributed by atoms with Crippen LogP contribution in [0.4, 0.5) is 11.4 Å². The molecule has 3 aliphatic rings. The Hall–Kier alpha value is -4.63. The first-order chi connectivity index (χ1) is 21.2. The van der Waals surface area contributed by atoms with Crippen LogP contribution in [0.1, 0.15) is 54.6 Å². The molecule has 6 rings (SSSR count). The topological polar surface area (TPSA) is 110 Å². The molecule has 3 aromatic rings. The second kappa shape index (κ2) is 11.1. The number of nitro benzene ring substituents is 1. The van der Waals surface area contributed by atoms with Crippen LogP contribution in [0.5, 0.6) is 0 Å². The van der Waals surface area contributed by atoms with Gasteiger partial charge in [-0.25, -0.2) is 0 Å². The highest BCUT2D eigenvalue weighted by Gasteiger charge is 2.78. The Labute approximate surface area is 256 Å². The summed E-state index contributed by atoms with van der Waals surface area (Å²) in [5.41, 5.74) is 0.628. The van der Waals surface area contributed by atoms with E-state index in [9.17, 15) is 24.5 Å². The van der Waals surface area contributed by atoms with Gasteiger partial charge in [-0.3, -0.25) is 24.5 Å². The van der Waals surface area contributed by atoms with Crippen LogP contribution in [-0.4, -0.2) is 53.3 Å². The van der Waals surface area contributed by atoms with Crippen molar-refractivity contribution in [3.8, 4) is 0 Å². The Kier molecular flexibility index (Phi) is 7.45. The zero-order chi connectivity index (χ0) is 31.2.